The van der Waals surface area contributed by atoms with Crippen LogP contribution in [0.2, 0.25) is 0 Å². The van der Waals surface area contributed by atoms with Crippen LogP contribution >= 0.6 is 11.8 Å². The predicted octanol–water partition coefficient (Wildman–Crippen LogP) is -0.272. The van der Waals surface area contributed by atoms with Crippen molar-refractivity contribution in [1.82, 2.24) is 10.3 Å². The molecule has 0 saturated carbocycles. The number of hydrogen-bond acceptors (Lipinski definition) is 5. The zero-order valence-electron chi connectivity index (χ0n) is 9.96. The number of carboxylic acids is 1. The Kier molecular flexibility index (Phi) is 5.80. The lowest BCUT2D eigenvalue weighted by molar-refractivity contribution is -0.133. The van der Waals surface area contributed by atoms with Gasteiger partial charge in [0.1, 0.15) is 5.69 Å². The molecule has 1 heterocycles. The maximum absolute atomic E-state index is 11.6. The summed E-state index contributed by atoms with van der Waals surface area (Å²) in [7, 11) is 0. The van der Waals surface area contributed by atoms with Crippen molar-refractivity contribution in [2.75, 3.05) is 18.1 Å². The number of rotatable bonds is 7. The van der Waals surface area contributed by atoms with E-state index in [2.05, 4.69) is 10.3 Å². The van der Waals surface area contributed by atoms with E-state index in [1.807, 2.05) is 0 Å². The van der Waals surface area contributed by atoms with Gasteiger partial charge in [0.2, 0.25) is 5.91 Å². The number of hydrogen-bond donors (Lipinski definition) is 3. The average Bonchev–Trinajstić information content (AvgIpc) is 2.37. The Hall–Kier alpha value is -2.09. The lowest BCUT2D eigenvalue weighted by Gasteiger charge is -2.04. The van der Waals surface area contributed by atoms with E-state index < -0.39 is 11.9 Å². The van der Waals surface area contributed by atoms with E-state index in [1.54, 1.807) is 0 Å². The molecule has 0 saturated heterocycles. The zero-order valence-corrected chi connectivity index (χ0v) is 10.8. The molecule has 19 heavy (non-hydrogen) atoms. The lowest BCUT2D eigenvalue weighted by atomic mass is 10.2. The Morgan fingerprint density at radius 3 is 2.63 bits per heavy atom. The Balaban J connectivity index is 2.37. The monoisotopic (exact) mass is 283 g/mol. The van der Waals surface area contributed by atoms with Crippen molar-refractivity contribution in [3.8, 4) is 0 Å². The molecule has 0 atom stereocenters. The van der Waals surface area contributed by atoms with Gasteiger partial charge in [0.05, 0.1) is 11.3 Å². The highest BCUT2D eigenvalue weighted by Gasteiger charge is 2.08. The number of carboxylic acid groups (broad SMARTS) is 1. The Labute approximate surface area is 113 Å². The number of aromatic nitrogens is 1. The fourth-order valence-electron chi connectivity index (χ4n) is 1.16. The summed E-state index contributed by atoms with van der Waals surface area (Å²) in [5.74, 6) is -1.38. The van der Waals surface area contributed by atoms with Gasteiger partial charge in [-0.1, -0.05) is 0 Å². The summed E-state index contributed by atoms with van der Waals surface area (Å²) in [5, 5.41) is 11.0. The van der Waals surface area contributed by atoms with Crippen molar-refractivity contribution in [1.29, 1.82) is 0 Å². The molecule has 0 radical (unpaired) electrons. The Morgan fingerprint density at radius 2 is 2.11 bits per heavy atom. The molecule has 0 fully saturated rings. The summed E-state index contributed by atoms with van der Waals surface area (Å²) in [5.41, 5.74) is 5.45. The predicted molar refractivity (Wildman–Crippen MR) is 70.0 cm³/mol. The summed E-state index contributed by atoms with van der Waals surface area (Å²) in [6.07, 6.45) is 1.23. The fraction of sp³-hybridized carbons (Fsp3) is 0.273. The summed E-state index contributed by atoms with van der Waals surface area (Å²) in [4.78, 5) is 36.5. The van der Waals surface area contributed by atoms with Crippen molar-refractivity contribution in [2.45, 2.75) is 0 Å². The van der Waals surface area contributed by atoms with Crippen LogP contribution in [0.3, 0.4) is 0 Å². The molecule has 0 aliphatic rings. The van der Waals surface area contributed by atoms with Crippen molar-refractivity contribution < 1.29 is 19.5 Å². The number of pyridine rings is 1. The minimum atomic E-state index is -0.889. The highest BCUT2D eigenvalue weighted by Crippen LogP contribution is 2.00. The normalized spacial score (nSPS) is 9.89. The summed E-state index contributed by atoms with van der Waals surface area (Å²) >= 11 is 1.21. The first-order valence-corrected chi connectivity index (χ1v) is 6.49. The summed E-state index contributed by atoms with van der Waals surface area (Å²) in [6, 6.07) is 2.82. The Morgan fingerprint density at radius 1 is 1.37 bits per heavy atom. The molecule has 1 aromatic rings. The molecule has 1 rings (SSSR count). The van der Waals surface area contributed by atoms with Crippen molar-refractivity contribution in [3.05, 3.63) is 29.6 Å². The highest BCUT2D eigenvalue weighted by atomic mass is 32.2. The average molecular weight is 283 g/mol. The van der Waals surface area contributed by atoms with E-state index >= 15 is 0 Å². The van der Waals surface area contributed by atoms with Crippen LogP contribution < -0.4 is 11.1 Å². The standard InChI is InChI=1S/C11H13N3O4S/c12-10(17)7-1-2-8(14-5-7)11(18)13-3-4-19-6-9(15)16/h1-2,5H,3-4,6H2,(H2,12,17)(H,13,18)(H,15,16). The Bertz CT molecular complexity index is 475. The van der Waals surface area contributed by atoms with Gasteiger partial charge in [0.25, 0.3) is 5.91 Å². The molecule has 8 heteroatoms. The number of nitrogens with zero attached hydrogens (tertiary/aromatic N) is 1. The number of aliphatic carboxylic acids is 1. The van der Waals surface area contributed by atoms with Gasteiger partial charge in [-0.3, -0.25) is 19.4 Å². The van der Waals surface area contributed by atoms with E-state index in [4.69, 9.17) is 10.8 Å². The number of primary amides is 1. The SMILES string of the molecule is NC(=O)c1ccc(C(=O)NCCSCC(=O)O)nc1. The van der Waals surface area contributed by atoms with Crippen LogP contribution in [-0.2, 0) is 4.79 Å². The van der Waals surface area contributed by atoms with Gasteiger partial charge in [-0.05, 0) is 12.1 Å². The number of amides is 2. The molecule has 1 aromatic heterocycles. The zero-order chi connectivity index (χ0) is 14.3. The molecule has 102 valence electrons. The van der Waals surface area contributed by atoms with Gasteiger partial charge in [0, 0.05) is 18.5 Å². The van der Waals surface area contributed by atoms with Crippen molar-refractivity contribution in [2.24, 2.45) is 5.73 Å². The van der Waals surface area contributed by atoms with Gasteiger partial charge in [-0.25, -0.2) is 0 Å². The topological polar surface area (TPSA) is 122 Å². The summed E-state index contributed by atoms with van der Waals surface area (Å²) in [6.45, 7) is 0.343. The van der Waals surface area contributed by atoms with Crippen LogP contribution in [-0.4, -0.2) is 45.9 Å². The number of carbonyl (C=O) groups excluding carboxylic acids is 2. The van der Waals surface area contributed by atoms with Crippen molar-refractivity contribution >= 4 is 29.5 Å². The van der Waals surface area contributed by atoms with E-state index in [0.29, 0.717) is 12.3 Å². The van der Waals surface area contributed by atoms with Gasteiger partial charge in [0.15, 0.2) is 0 Å². The van der Waals surface area contributed by atoms with E-state index in [9.17, 15) is 14.4 Å². The minimum Gasteiger partial charge on any atom is -0.481 e. The first-order valence-electron chi connectivity index (χ1n) is 5.34. The third-order valence-electron chi connectivity index (χ3n) is 2.04. The number of carbonyl (C=O) groups is 3. The number of nitrogens with one attached hydrogen (secondary N) is 1. The second-order valence-corrected chi connectivity index (χ2v) is 4.60. The van der Waals surface area contributed by atoms with E-state index in [1.165, 1.54) is 30.1 Å². The minimum absolute atomic E-state index is 0.00142. The molecule has 0 spiro atoms. The van der Waals surface area contributed by atoms with Crippen LogP contribution in [0.5, 0.6) is 0 Å². The largest absolute Gasteiger partial charge is 0.481 e. The number of thioether (sulfide) groups is 1. The van der Waals surface area contributed by atoms with Crippen molar-refractivity contribution in [3.63, 3.8) is 0 Å². The van der Waals surface area contributed by atoms with Gasteiger partial charge in [-0.2, -0.15) is 0 Å². The molecule has 0 aliphatic carbocycles. The van der Waals surface area contributed by atoms with Crippen LogP contribution in [0.15, 0.2) is 18.3 Å². The quantitative estimate of drug-likeness (QED) is 0.592. The maximum atomic E-state index is 11.6. The molecule has 0 bridgehead atoms. The van der Waals surface area contributed by atoms with Crippen LogP contribution in [0.4, 0.5) is 0 Å². The lowest BCUT2D eigenvalue weighted by Crippen LogP contribution is -2.27. The van der Waals surface area contributed by atoms with Crippen LogP contribution in [0.25, 0.3) is 0 Å². The van der Waals surface area contributed by atoms with Crippen LogP contribution in [0, 0.1) is 0 Å². The van der Waals surface area contributed by atoms with E-state index in [-0.39, 0.29) is 22.9 Å². The highest BCUT2D eigenvalue weighted by molar-refractivity contribution is 7.99. The molecule has 0 aromatic carbocycles. The number of nitrogens with two attached hydrogens (primary N) is 1. The molecule has 0 aliphatic heterocycles. The molecule has 0 unspecified atom stereocenters. The molecule has 4 N–H and O–H groups in total. The van der Waals surface area contributed by atoms with Gasteiger partial charge >= 0.3 is 5.97 Å². The fourth-order valence-corrected chi connectivity index (χ4v) is 1.73. The molecular weight excluding hydrogens is 270 g/mol. The maximum Gasteiger partial charge on any atom is 0.313 e. The first-order chi connectivity index (χ1) is 9.00. The van der Waals surface area contributed by atoms with E-state index in [0.717, 1.165) is 0 Å². The van der Waals surface area contributed by atoms with Gasteiger partial charge in [-0.15, -0.1) is 11.8 Å². The third-order valence-corrected chi connectivity index (χ3v) is 2.98. The van der Waals surface area contributed by atoms with Gasteiger partial charge < -0.3 is 16.2 Å². The first kappa shape index (κ1) is 15.0. The second kappa shape index (κ2) is 7.37. The third kappa shape index (κ3) is 5.38. The molecular formula is C11H13N3O4S. The second-order valence-electron chi connectivity index (χ2n) is 3.50. The molecule has 2 amide bonds. The summed E-state index contributed by atoms with van der Waals surface area (Å²) < 4.78 is 0. The smallest absolute Gasteiger partial charge is 0.313 e. The molecule has 7 nitrogen and oxygen atoms in total. The van der Waals surface area contributed by atoms with Crippen LogP contribution in [0.1, 0.15) is 20.8 Å².